The maximum absolute atomic E-state index is 12.1. The van der Waals surface area contributed by atoms with Crippen LogP contribution in [0.25, 0.3) is 6.08 Å². The number of carbonyl (C=O) groups is 1. The van der Waals surface area contributed by atoms with Crippen molar-refractivity contribution in [1.29, 1.82) is 0 Å². The minimum Gasteiger partial charge on any atom is -0.497 e. The van der Waals surface area contributed by atoms with Gasteiger partial charge in [-0.05, 0) is 54.6 Å². The van der Waals surface area contributed by atoms with E-state index in [1.807, 2.05) is 60.7 Å². The van der Waals surface area contributed by atoms with Crippen LogP contribution in [0.4, 0.5) is 5.69 Å². The quantitative estimate of drug-likeness (QED) is 0.756. The largest absolute Gasteiger partial charge is 0.497 e. The van der Waals surface area contributed by atoms with Crippen LogP contribution in [0.15, 0.2) is 64.7 Å². The van der Waals surface area contributed by atoms with E-state index >= 15 is 0 Å². The highest BCUT2D eigenvalue weighted by atomic mass is 32.2. The van der Waals surface area contributed by atoms with Crippen LogP contribution in [0.2, 0.25) is 0 Å². The molecule has 2 aromatic rings. The lowest BCUT2D eigenvalue weighted by atomic mass is 10.2. The normalized spacial score (nSPS) is 15.2. The Morgan fingerprint density at radius 3 is 2.52 bits per heavy atom. The van der Waals surface area contributed by atoms with Crippen LogP contribution in [0.3, 0.4) is 0 Å². The molecule has 0 fully saturated rings. The number of hydrazone groups is 1. The molecule has 0 atom stereocenters. The van der Waals surface area contributed by atoms with Crippen molar-refractivity contribution >= 4 is 34.5 Å². The van der Waals surface area contributed by atoms with E-state index in [-0.39, 0.29) is 0 Å². The number of carbonyl (C=O) groups excluding carboxylic acids is 1. The number of ether oxygens (including phenoxy) is 2. The smallest absolute Gasteiger partial charge is 0.365 e. The van der Waals surface area contributed by atoms with Crippen molar-refractivity contribution in [2.45, 2.75) is 6.92 Å². The first kappa shape index (κ1) is 17.1. The van der Waals surface area contributed by atoms with Gasteiger partial charge in [0.15, 0.2) is 0 Å². The summed E-state index contributed by atoms with van der Waals surface area (Å²) in [5.74, 6) is 0.385. The third-order valence-electron chi connectivity index (χ3n) is 3.46. The second-order valence-corrected chi connectivity index (χ2v) is 6.14. The highest BCUT2D eigenvalue weighted by molar-refractivity contribution is 8.19. The third-order valence-corrected chi connectivity index (χ3v) is 4.40. The molecule has 0 spiro atoms. The number of rotatable bonds is 5. The lowest BCUT2D eigenvalue weighted by Crippen LogP contribution is -2.13. The van der Waals surface area contributed by atoms with E-state index in [1.165, 1.54) is 11.8 Å². The molecule has 0 saturated heterocycles. The maximum atomic E-state index is 12.1. The van der Waals surface area contributed by atoms with Crippen molar-refractivity contribution in [3.63, 3.8) is 0 Å². The van der Waals surface area contributed by atoms with E-state index in [2.05, 4.69) is 5.10 Å². The van der Waals surface area contributed by atoms with Crippen molar-refractivity contribution < 1.29 is 14.3 Å². The highest BCUT2D eigenvalue weighted by Gasteiger charge is 2.28. The number of thioether (sulfide) groups is 1. The summed E-state index contributed by atoms with van der Waals surface area (Å²) in [6.45, 7) is 2.10. The molecule has 0 N–H and O–H groups in total. The molecule has 128 valence electrons. The van der Waals surface area contributed by atoms with Crippen molar-refractivity contribution in [2.24, 2.45) is 5.10 Å². The first-order chi connectivity index (χ1) is 12.2. The molecular formula is C19H18N2O3S. The minimum absolute atomic E-state index is 0.321. The van der Waals surface area contributed by atoms with Crippen molar-refractivity contribution in [1.82, 2.24) is 0 Å². The number of methoxy groups -OCH3 is 1. The summed E-state index contributed by atoms with van der Waals surface area (Å²) in [5, 5.41) is 7.34. The van der Waals surface area contributed by atoms with Crippen LogP contribution in [-0.4, -0.2) is 24.7 Å². The van der Waals surface area contributed by atoms with Gasteiger partial charge in [-0.3, -0.25) is 0 Å². The van der Waals surface area contributed by atoms with E-state index < -0.39 is 5.97 Å². The van der Waals surface area contributed by atoms with Crippen molar-refractivity contribution in [3.8, 4) is 5.75 Å². The standard InChI is InChI=1S/C19H18N2O3S/c1-3-24-19(22)18-20-21(15-7-5-4-6-8-15)17(25-18)13-14-9-11-16(23-2)12-10-14/h4-13H,3H2,1-2H3. The average molecular weight is 354 g/mol. The van der Waals surface area contributed by atoms with Gasteiger partial charge in [0.1, 0.15) is 10.8 Å². The van der Waals surface area contributed by atoms with Gasteiger partial charge in [-0.1, -0.05) is 30.3 Å². The van der Waals surface area contributed by atoms with Crippen molar-refractivity contribution in [3.05, 3.63) is 65.2 Å². The molecular weight excluding hydrogens is 336 g/mol. The zero-order valence-electron chi connectivity index (χ0n) is 14.0. The number of nitrogens with zero attached hydrogens (tertiary/aromatic N) is 2. The molecule has 0 saturated carbocycles. The maximum Gasteiger partial charge on any atom is 0.365 e. The molecule has 25 heavy (non-hydrogen) atoms. The monoisotopic (exact) mass is 354 g/mol. The summed E-state index contributed by atoms with van der Waals surface area (Å²) >= 11 is 1.30. The van der Waals surface area contributed by atoms with Gasteiger partial charge in [0.2, 0.25) is 5.04 Å². The Bertz CT molecular complexity index is 801. The first-order valence-corrected chi connectivity index (χ1v) is 8.67. The fourth-order valence-electron chi connectivity index (χ4n) is 2.27. The number of para-hydroxylation sites is 1. The van der Waals surface area contributed by atoms with E-state index in [9.17, 15) is 4.79 Å². The Balaban J connectivity index is 1.93. The predicted molar refractivity (Wildman–Crippen MR) is 102 cm³/mol. The summed E-state index contributed by atoms with van der Waals surface area (Å²) in [6, 6.07) is 17.4. The van der Waals surface area contributed by atoms with Gasteiger partial charge in [0, 0.05) is 0 Å². The van der Waals surface area contributed by atoms with Gasteiger partial charge >= 0.3 is 5.97 Å². The molecule has 2 aromatic carbocycles. The number of anilines is 1. The van der Waals surface area contributed by atoms with Crippen LogP contribution < -0.4 is 9.75 Å². The summed E-state index contributed by atoms with van der Waals surface area (Å²) in [6.07, 6.45) is 1.98. The van der Waals surface area contributed by atoms with E-state index in [0.717, 1.165) is 22.0 Å². The lowest BCUT2D eigenvalue weighted by molar-refractivity contribution is -0.134. The number of hydrogen-bond acceptors (Lipinski definition) is 6. The molecule has 1 aliphatic rings. The van der Waals surface area contributed by atoms with E-state index in [1.54, 1.807) is 19.0 Å². The Kier molecular flexibility index (Phi) is 5.40. The summed E-state index contributed by atoms with van der Waals surface area (Å²) in [4.78, 5) is 12.1. The average Bonchev–Trinajstić information content (AvgIpc) is 3.07. The van der Waals surface area contributed by atoms with Gasteiger partial charge in [0.05, 0.1) is 19.4 Å². The van der Waals surface area contributed by atoms with Crippen LogP contribution in [0, 0.1) is 0 Å². The number of benzene rings is 2. The molecule has 1 heterocycles. The van der Waals surface area contributed by atoms with Gasteiger partial charge < -0.3 is 9.47 Å². The number of hydrogen-bond donors (Lipinski definition) is 0. The molecule has 3 rings (SSSR count). The molecule has 0 bridgehead atoms. The molecule has 5 nitrogen and oxygen atoms in total. The molecule has 0 amide bonds. The fourth-order valence-corrected chi connectivity index (χ4v) is 3.16. The Labute approximate surface area is 150 Å². The Morgan fingerprint density at radius 2 is 1.88 bits per heavy atom. The molecule has 0 unspecified atom stereocenters. The third kappa shape index (κ3) is 4.03. The first-order valence-electron chi connectivity index (χ1n) is 7.85. The zero-order chi connectivity index (χ0) is 17.6. The summed E-state index contributed by atoms with van der Waals surface area (Å²) in [7, 11) is 1.64. The zero-order valence-corrected chi connectivity index (χ0v) is 14.8. The highest BCUT2D eigenvalue weighted by Crippen LogP contribution is 2.36. The van der Waals surface area contributed by atoms with E-state index in [4.69, 9.17) is 9.47 Å². The number of esters is 1. The van der Waals surface area contributed by atoms with Gasteiger partial charge in [0.25, 0.3) is 0 Å². The van der Waals surface area contributed by atoms with Crippen LogP contribution >= 0.6 is 11.8 Å². The van der Waals surface area contributed by atoms with Crippen LogP contribution in [0.1, 0.15) is 12.5 Å². The minimum atomic E-state index is -0.411. The Morgan fingerprint density at radius 1 is 1.16 bits per heavy atom. The van der Waals surface area contributed by atoms with Gasteiger partial charge in [-0.25, -0.2) is 9.80 Å². The van der Waals surface area contributed by atoms with Gasteiger partial charge in [-0.15, -0.1) is 0 Å². The lowest BCUT2D eigenvalue weighted by Gasteiger charge is -2.15. The van der Waals surface area contributed by atoms with Crippen LogP contribution in [0.5, 0.6) is 5.75 Å². The van der Waals surface area contributed by atoms with Gasteiger partial charge in [-0.2, -0.15) is 5.10 Å². The fraction of sp³-hybridized carbons (Fsp3) is 0.158. The van der Waals surface area contributed by atoms with Crippen LogP contribution in [-0.2, 0) is 9.53 Å². The summed E-state index contributed by atoms with van der Waals surface area (Å²) < 4.78 is 10.3. The Hall–Kier alpha value is -2.73. The second kappa shape index (κ2) is 7.90. The molecule has 0 aromatic heterocycles. The predicted octanol–water partition coefficient (Wildman–Crippen LogP) is 4.12. The second-order valence-electron chi connectivity index (χ2n) is 5.13. The molecule has 6 heteroatoms. The summed E-state index contributed by atoms with van der Waals surface area (Å²) in [5.41, 5.74) is 1.87. The SMILES string of the molecule is CCOC(=O)C1=NN(c2ccccc2)C(=Cc2ccc(OC)cc2)S1. The van der Waals surface area contributed by atoms with E-state index in [0.29, 0.717) is 11.7 Å². The molecule has 1 aliphatic heterocycles. The van der Waals surface area contributed by atoms with Crippen molar-refractivity contribution in [2.75, 3.05) is 18.7 Å². The molecule has 0 aliphatic carbocycles. The molecule has 0 radical (unpaired) electrons. The topological polar surface area (TPSA) is 51.1 Å².